The van der Waals surface area contributed by atoms with Crippen molar-refractivity contribution in [2.45, 2.75) is 12.5 Å². The highest BCUT2D eigenvalue weighted by atomic mass is 16.6. The van der Waals surface area contributed by atoms with Gasteiger partial charge < -0.3 is 20.8 Å². The molecular formula is C11H11N3O7. The molecule has 21 heavy (non-hydrogen) atoms. The summed E-state index contributed by atoms with van der Waals surface area (Å²) in [5, 5.41) is 32.0. The second-order valence-corrected chi connectivity index (χ2v) is 3.89. The van der Waals surface area contributed by atoms with Gasteiger partial charge in [0.25, 0.3) is 5.69 Å². The Morgan fingerprint density at radius 1 is 1.29 bits per heavy atom. The molecule has 112 valence electrons. The van der Waals surface area contributed by atoms with Crippen LogP contribution in [0, 0.1) is 10.1 Å². The van der Waals surface area contributed by atoms with Gasteiger partial charge in [0, 0.05) is 17.8 Å². The van der Waals surface area contributed by atoms with Crippen molar-refractivity contribution in [3.8, 4) is 0 Å². The van der Waals surface area contributed by atoms with Gasteiger partial charge in [-0.15, -0.1) is 0 Å². The molecule has 10 heteroatoms. The van der Waals surface area contributed by atoms with Gasteiger partial charge in [0.2, 0.25) is 0 Å². The first-order chi connectivity index (χ1) is 9.79. The average molecular weight is 297 g/mol. The van der Waals surface area contributed by atoms with E-state index >= 15 is 0 Å². The number of nitrogens with zero attached hydrogens (tertiary/aromatic N) is 1. The number of hydrogen-bond donors (Lipinski definition) is 4. The molecule has 0 saturated carbocycles. The van der Waals surface area contributed by atoms with Crippen LogP contribution in [0.4, 0.5) is 16.2 Å². The van der Waals surface area contributed by atoms with E-state index in [0.29, 0.717) is 0 Å². The molecule has 0 aromatic heterocycles. The highest BCUT2D eigenvalue weighted by Gasteiger charge is 2.23. The standard InChI is InChI=1S/C11H11N3O7/c15-9(16)5-8(10(17)18)13-11(19)12-6-2-1-3-7(4-6)14(20)21/h1-4,8H,5H2,(H,15,16)(H,17,18)(H2,12,13,19)/t8-/m0/s1. The minimum atomic E-state index is -1.61. The number of aliphatic carboxylic acids is 2. The Morgan fingerprint density at radius 2 is 1.95 bits per heavy atom. The second kappa shape index (κ2) is 6.84. The van der Waals surface area contributed by atoms with Crippen LogP contribution in [0.3, 0.4) is 0 Å². The maximum absolute atomic E-state index is 11.5. The quantitative estimate of drug-likeness (QED) is 0.443. The third-order valence-corrected chi connectivity index (χ3v) is 2.30. The number of nitro benzene ring substituents is 1. The molecule has 1 aromatic rings. The molecule has 10 nitrogen and oxygen atoms in total. The number of carboxylic acids is 2. The zero-order valence-corrected chi connectivity index (χ0v) is 10.5. The van der Waals surface area contributed by atoms with Crippen LogP contribution in [0.5, 0.6) is 0 Å². The highest BCUT2D eigenvalue weighted by molar-refractivity contribution is 5.93. The minimum absolute atomic E-state index is 0.0705. The zero-order chi connectivity index (χ0) is 16.0. The SMILES string of the molecule is O=C(O)C[C@H](NC(=O)Nc1cccc([N+](=O)[O-])c1)C(=O)O. The van der Waals surface area contributed by atoms with Crippen LogP contribution >= 0.6 is 0 Å². The maximum Gasteiger partial charge on any atom is 0.326 e. The normalized spacial score (nSPS) is 11.2. The van der Waals surface area contributed by atoms with E-state index in [1.807, 2.05) is 5.32 Å². The number of rotatable bonds is 6. The minimum Gasteiger partial charge on any atom is -0.481 e. The summed E-state index contributed by atoms with van der Waals surface area (Å²) in [6.45, 7) is 0. The molecule has 0 fully saturated rings. The van der Waals surface area contributed by atoms with Crippen LogP contribution in [0.15, 0.2) is 24.3 Å². The fraction of sp³-hybridized carbons (Fsp3) is 0.182. The number of non-ortho nitro benzene ring substituents is 1. The summed E-state index contributed by atoms with van der Waals surface area (Å²) in [4.78, 5) is 42.7. The number of hydrogen-bond acceptors (Lipinski definition) is 5. The first-order valence-electron chi connectivity index (χ1n) is 5.56. The first kappa shape index (κ1) is 15.9. The van der Waals surface area contributed by atoms with E-state index in [1.165, 1.54) is 18.2 Å². The predicted molar refractivity (Wildman–Crippen MR) is 68.9 cm³/mol. The van der Waals surface area contributed by atoms with Crippen molar-refractivity contribution in [3.05, 3.63) is 34.4 Å². The van der Waals surface area contributed by atoms with E-state index in [0.717, 1.165) is 6.07 Å². The van der Waals surface area contributed by atoms with Crippen molar-refractivity contribution < 1.29 is 29.5 Å². The largest absolute Gasteiger partial charge is 0.481 e. The number of nitrogens with one attached hydrogen (secondary N) is 2. The van der Waals surface area contributed by atoms with E-state index in [4.69, 9.17) is 10.2 Å². The van der Waals surface area contributed by atoms with Crippen molar-refractivity contribution in [3.63, 3.8) is 0 Å². The lowest BCUT2D eigenvalue weighted by Crippen LogP contribution is -2.44. The van der Waals surface area contributed by atoms with Crippen molar-refractivity contribution in [1.29, 1.82) is 0 Å². The van der Waals surface area contributed by atoms with Crippen LogP contribution in [0.25, 0.3) is 0 Å². The van der Waals surface area contributed by atoms with Gasteiger partial charge in [-0.1, -0.05) is 6.07 Å². The van der Waals surface area contributed by atoms with Crippen LogP contribution in [0.1, 0.15) is 6.42 Å². The molecule has 0 spiro atoms. The van der Waals surface area contributed by atoms with Crippen molar-refractivity contribution >= 4 is 29.3 Å². The average Bonchev–Trinajstić information content (AvgIpc) is 2.37. The fourth-order valence-electron chi connectivity index (χ4n) is 1.40. The van der Waals surface area contributed by atoms with Crippen molar-refractivity contribution in [1.82, 2.24) is 5.32 Å². The molecule has 0 bridgehead atoms. The van der Waals surface area contributed by atoms with Gasteiger partial charge in [-0.05, 0) is 6.07 Å². The number of carbonyl (C=O) groups excluding carboxylic acids is 1. The third-order valence-electron chi connectivity index (χ3n) is 2.30. The molecule has 0 aliphatic carbocycles. The molecule has 0 aliphatic rings. The lowest BCUT2D eigenvalue weighted by atomic mass is 10.2. The molecule has 0 saturated heterocycles. The highest BCUT2D eigenvalue weighted by Crippen LogP contribution is 2.16. The lowest BCUT2D eigenvalue weighted by molar-refractivity contribution is -0.384. The monoisotopic (exact) mass is 297 g/mol. The van der Waals surface area contributed by atoms with Crippen LogP contribution in [-0.2, 0) is 9.59 Å². The van der Waals surface area contributed by atoms with Crippen molar-refractivity contribution in [2.75, 3.05) is 5.32 Å². The summed E-state index contributed by atoms with van der Waals surface area (Å²) in [5.74, 6) is -2.90. The Kier molecular flexibility index (Phi) is 5.17. The first-order valence-corrected chi connectivity index (χ1v) is 5.56. The van der Waals surface area contributed by atoms with E-state index in [9.17, 15) is 24.5 Å². The van der Waals surface area contributed by atoms with Gasteiger partial charge in [-0.3, -0.25) is 14.9 Å². The number of nitro groups is 1. The number of carbonyl (C=O) groups is 3. The van der Waals surface area contributed by atoms with Crippen LogP contribution < -0.4 is 10.6 Å². The summed E-state index contributed by atoms with van der Waals surface area (Å²) in [5.41, 5.74) is -0.186. The zero-order valence-electron chi connectivity index (χ0n) is 10.5. The number of amides is 2. The molecule has 0 radical (unpaired) electrons. The Hall–Kier alpha value is -3.17. The van der Waals surface area contributed by atoms with Gasteiger partial charge in [-0.2, -0.15) is 0 Å². The Morgan fingerprint density at radius 3 is 2.48 bits per heavy atom. The van der Waals surface area contributed by atoms with Gasteiger partial charge in [0.05, 0.1) is 11.3 Å². The predicted octanol–water partition coefficient (Wildman–Crippen LogP) is 0.644. The summed E-state index contributed by atoms with van der Waals surface area (Å²) in [6.07, 6.45) is -0.794. The topological polar surface area (TPSA) is 159 Å². The van der Waals surface area contributed by atoms with Crippen LogP contribution in [-0.4, -0.2) is 39.1 Å². The molecule has 4 N–H and O–H groups in total. The number of anilines is 1. The summed E-state index contributed by atoms with van der Waals surface area (Å²) >= 11 is 0. The molecule has 1 atom stereocenters. The van der Waals surface area contributed by atoms with E-state index in [-0.39, 0.29) is 11.4 Å². The third kappa shape index (κ3) is 5.14. The molecule has 0 heterocycles. The number of carboxylic acid groups (broad SMARTS) is 2. The summed E-state index contributed by atoms with van der Waals surface area (Å²) < 4.78 is 0. The Balaban J connectivity index is 2.72. The molecule has 2 amide bonds. The smallest absolute Gasteiger partial charge is 0.326 e. The van der Waals surface area contributed by atoms with Gasteiger partial charge in [0.15, 0.2) is 0 Å². The van der Waals surface area contributed by atoms with Crippen LogP contribution in [0.2, 0.25) is 0 Å². The fourth-order valence-corrected chi connectivity index (χ4v) is 1.40. The molecular weight excluding hydrogens is 286 g/mol. The Bertz CT molecular complexity index is 587. The molecule has 0 unspecified atom stereocenters. The molecule has 0 aliphatic heterocycles. The molecule has 1 rings (SSSR count). The van der Waals surface area contributed by atoms with E-state index in [2.05, 4.69) is 5.32 Å². The van der Waals surface area contributed by atoms with E-state index < -0.39 is 35.4 Å². The number of urea groups is 1. The van der Waals surface area contributed by atoms with E-state index in [1.54, 1.807) is 0 Å². The Labute approximate surface area is 117 Å². The van der Waals surface area contributed by atoms with Gasteiger partial charge in [0.1, 0.15) is 6.04 Å². The number of benzene rings is 1. The van der Waals surface area contributed by atoms with Gasteiger partial charge >= 0.3 is 18.0 Å². The maximum atomic E-state index is 11.5. The lowest BCUT2D eigenvalue weighted by Gasteiger charge is -2.13. The second-order valence-electron chi connectivity index (χ2n) is 3.89. The van der Waals surface area contributed by atoms with Gasteiger partial charge in [-0.25, -0.2) is 9.59 Å². The summed E-state index contributed by atoms with van der Waals surface area (Å²) in [6, 6.07) is 2.39. The van der Waals surface area contributed by atoms with Crippen molar-refractivity contribution in [2.24, 2.45) is 0 Å². The molecule has 1 aromatic carbocycles. The summed E-state index contributed by atoms with van der Waals surface area (Å²) in [7, 11) is 0.